The SMILES string of the molecule is C=Cc1c(C)c2cc3nc(c4c5[nH]c(cc6nc(cc1[nH]2)C(C)=C6CC)c(C)c5C(=O)N(CCNC(=O)c1ccc(SC2=C(/C=C/C5=[N+](CCCCS(=O)(=O)O)c6ccc7ccccc7c6C5(C)C)CCC/C2=C\C=C2\N(CCCCS(=O)(=O)O)c5ccc6ccccc6c5C2(C)C)cc1)C4=O)[C@@H](CCC(=O)OC)[C@@H]3C. The van der Waals surface area contributed by atoms with E-state index in [0.717, 1.165) is 129 Å². The number of aromatic nitrogens is 4. The van der Waals surface area contributed by atoms with Crippen molar-refractivity contribution in [3.05, 3.63) is 235 Å². The van der Waals surface area contributed by atoms with E-state index >= 15 is 9.59 Å². The number of benzene rings is 5. The molecule has 6 aliphatic rings. The first-order valence-corrected chi connectivity index (χ1v) is 42.3. The minimum atomic E-state index is -4.16. The second-order valence-corrected chi connectivity index (χ2v) is 35.1. The molecule has 0 saturated heterocycles. The summed E-state index contributed by atoms with van der Waals surface area (Å²) in [5.41, 5.74) is 18.4. The highest BCUT2D eigenvalue weighted by Gasteiger charge is 2.47. The standard InChI is InChI=1S/C89H94N8O11S3/c1-12-62-52(3)67-49-69-54(5)64(37-42-77(98)108-11)82(93-69)79-83-78(55(6)70(94-83)51-72-63(13-2)53(4)68(92-72)50-71(62)91-67)86(100)97(87(79)101)46-43-90-85(99)60-29-35-61(36-30-60)109-84-58(33-40-75-88(7,8)80-65-27-16-14-23-56(65)31-38-73(80)95(75)44-18-20-47-110(102,103)104)25-22-26-59(84)34-41-76-89(9,10)81-66-28-17-15-24-57(66)32-39-74(81)96(76)45-19-21-48-111(105,106)107/h12,14-17,23-24,27-36,38-41,49-51,54,64H,1,13,18-22,25-26,37,42-48H2,2-11H3,(H4-,90,91,92,93,94,99,100,101,102,103,104,105,106,107)/p+1/t54-,64-/m0/s1. The number of esters is 1. The van der Waals surface area contributed by atoms with Gasteiger partial charge < -0.3 is 24.9 Å². The molecule has 0 radical (unpaired) electrons. The van der Waals surface area contributed by atoms with Crippen LogP contribution in [0.25, 0.3) is 60.8 Å². The number of methoxy groups -OCH3 is 1. The lowest BCUT2D eigenvalue weighted by atomic mass is 9.78. The number of imide groups is 1. The minimum Gasteiger partial charge on any atom is -0.469 e. The van der Waals surface area contributed by atoms with Gasteiger partial charge in [-0.3, -0.25) is 38.2 Å². The molecular formula is C89H95N8O11S3+. The predicted octanol–water partition coefficient (Wildman–Crippen LogP) is 18.2. The maximum Gasteiger partial charge on any atom is 0.305 e. The van der Waals surface area contributed by atoms with Crippen LogP contribution in [0, 0.1) is 13.8 Å². The molecule has 0 fully saturated rings. The van der Waals surface area contributed by atoms with Crippen LogP contribution >= 0.6 is 11.8 Å². The number of nitrogens with zero attached hydrogens (tertiary/aromatic N) is 5. The molecule has 0 saturated carbocycles. The molecule has 2 atom stereocenters. The number of amides is 3. The lowest BCUT2D eigenvalue weighted by molar-refractivity contribution is -0.438. The van der Waals surface area contributed by atoms with Crippen LogP contribution in [0.15, 0.2) is 173 Å². The number of aromatic amines is 2. The fraction of sp³-hybridized carbons (Fsp3) is 0.337. The first-order valence-electron chi connectivity index (χ1n) is 38.3. The summed E-state index contributed by atoms with van der Waals surface area (Å²) in [4.78, 5) is 81.3. The molecule has 5 aromatic carbocycles. The third-order valence-corrected chi connectivity index (χ3v) is 26.2. The summed E-state index contributed by atoms with van der Waals surface area (Å²) in [5, 5.41) is 7.52. The number of H-pyrrole nitrogens is 2. The number of aryl methyl sites for hydroxylation is 2. The van der Waals surface area contributed by atoms with Gasteiger partial charge >= 0.3 is 5.97 Å². The zero-order valence-corrected chi connectivity index (χ0v) is 67.0. The Labute approximate surface area is 653 Å². The number of unbranched alkanes of at least 4 members (excludes halogenated alkanes) is 2. The highest BCUT2D eigenvalue weighted by atomic mass is 32.2. The molecule has 111 heavy (non-hydrogen) atoms. The Hall–Kier alpha value is -10.1. The van der Waals surface area contributed by atoms with Crippen molar-refractivity contribution in [3.63, 3.8) is 0 Å². The average molecular weight is 1550 g/mol. The Balaban J connectivity index is 0.804. The Morgan fingerprint density at radius 3 is 2.10 bits per heavy atom. The van der Waals surface area contributed by atoms with Crippen molar-refractivity contribution < 1.29 is 54.4 Å². The summed E-state index contributed by atoms with van der Waals surface area (Å²) in [6.45, 7) is 23.9. The third kappa shape index (κ3) is 15.0. The zero-order chi connectivity index (χ0) is 78.8. The van der Waals surface area contributed by atoms with Crippen LogP contribution in [0.3, 0.4) is 0 Å². The Kier molecular flexibility index (Phi) is 21.6. The fourth-order valence-corrected chi connectivity index (χ4v) is 19.8. The van der Waals surface area contributed by atoms with E-state index in [0.29, 0.717) is 77.9 Å². The van der Waals surface area contributed by atoms with Crippen LogP contribution in [-0.2, 0) is 40.6 Å². The van der Waals surface area contributed by atoms with Crippen LogP contribution in [0.1, 0.15) is 206 Å². The first kappa shape index (κ1) is 77.6. The third-order valence-electron chi connectivity index (χ3n) is 23.3. The molecule has 8 aromatic rings. The molecule has 3 aromatic heterocycles. The molecule has 0 unspecified atom stereocenters. The van der Waals surface area contributed by atoms with Crippen LogP contribution in [-0.4, -0.2) is 130 Å². The number of anilines is 1. The van der Waals surface area contributed by atoms with Gasteiger partial charge in [0.2, 0.25) is 5.69 Å². The molecule has 574 valence electrons. The summed E-state index contributed by atoms with van der Waals surface area (Å²) in [6, 6.07) is 38.7. The summed E-state index contributed by atoms with van der Waals surface area (Å²) in [6.07, 6.45) is 15.7. The van der Waals surface area contributed by atoms with Gasteiger partial charge in [0.15, 0.2) is 5.71 Å². The molecule has 8 bridgehead atoms. The van der Waals surface area contributed by atoms with Crippen molar-refractivity contribution in [2.75, 3.05) is 49.7 Å². The molecule has 8 heterocycles. The van der Waals surface area contributed by atoms with Crippen LogP contribution in [0.2, 0.25) is 0 Å². The van der Waals surface area contributed by atoms with E-state index in [1.807, 2.05) is 69.3 Å². The molecule has 1 aliphatic carbocycles. The van der Waals surface area contributed by atoms with Gasteiger partial charge in [-0.2, -0.15) is 21.4 Å². The Bertz CT molecular complexity index is 5870. The number of nitrogens with one attached hydrogen (secondary N) is 3. The van der Waals surface area contributed by atoms with E-state index in [9.17, 15) is 35.5 Å². The van der Waals surface area contributed by atoms with Gasteiger partial charge in [-0.15, -0.1) is 0 Å². The Morgan fingerprint density at radius 2 is 1.41 bits per heavy atom. The summed E-state index contributed by atoms with van der Waals surface area (Å²) in [7, 11) is -6.98. The number of carbonyl (C=O) groups is 4. The van der Waals surface area contributed by atoms with E-state index < -0.39 is 60.7 Å². The maximum absolute atomic E-state index is 15.6. The quantitative estimate of drug-likeness (QED) is 0.0124. The second kappa shape index (κ2) is 30.9. The van der Waals surface area contributed by atoms with Gasteiger partial charge in [0, 0.05) is 122 Å². The number of hydrogen-bond acceptors (Lipinski definition) is 13. The number of ether oxygens (including phenoxy) is 1. The van der Waals surface area contributed by atoms with Gasteiger partial charge in [-0.1, -0.05) is 119 Å². The average Bonchev–Trinajstić information content (AvgIpc) is 1.57. The molecule has 3 amide bonds. The van der Waals surface area contributed by atoms with Crippen molar-refractivity contribution in [1.82, 2.24) is 30.2 Å². The second-order valence-electron chi connectivity index (χ2n) is 30.9. The summed E-state index contributed by atoms with van der Waals surface area (Å²) in [5.74, 6) is -3.33. The van der Waals surface area contributed by atoms with Crippen molar-refractivity contribution in [1.29, 1.82) is 0 Å². The Morgan fingerprint density at radius 1 is 0.739 bits per heavy atom. The number of carbonyl (C=O) groups excluding carboxylic acids is 4. The van der Waals surface area contributed by atoms with Crippen LogP contribution < -0.4 is 10.2 Å². The van der Waals surface area contributed by atoms with E-state index in [-0.39, 0.29) is 55.3 Å². The summed E-state index contributed by atoms with van der Waals surface area (Å²) < 4.78 is 74.8. The largest absolute Gasteiger partial charge is 0.469 e. The lowest BCUT2D eigenvalue weighted by Crippen LogP contribution is -2.45. The topological polar surface area (TPSA) is 265 Å². The predicted molar refractivity (Wildman–Crippen MR) is 444 cm³/mol. The normalized spacial score (nSPS) is 18.2. The highest BCUT2D eigenvalue weighted by molar-refractivity contribution is 8.03. The van der Waals surface area contributed by atoms with Gasteiger partial charge in [-0.25, -0.2) is 4.98 Å². The van der Waals surface area contributed by atoms with E-state index in [1.165, 1.54) is 23.1 Å². The zero-order valence-electron chi connectivity index (χ0n) is 64.6. The number of fused-ring (bicyclic) bond motifs is 14. The van der Waals surface area contributed by atoms with Gasteiger partial charge in [0.25, 0.3) is 38.0 Å². The van der Waals surface area contributed by atoms with Crippen molar-refractivity contribution in [2.45, 2.75) is 154 Å². The van der Waals surface area contributed by atoms with Crippen molar-refractivity contribution in [2.24, 2.45) is 0 Å². The number of rotatable bonds is 24. The van der Waals surface area contributed by atoms with Crippen molar-refractivity contribution in [3.8, 4) is 0 Å². The lowest BCUT2D eigenvalue weighted by Gasteiger charge is -2.28. The minimum absolute atomic E-state index is 0.0574. The molecule has 19 nitrogen and oxygen atoms in total. The molecule has 5 aliphatic heterocycles. The first-order chi connectivity index (χ1) is 53.0. The highest BCUT2D eigenvalue weighted by Crippen LogP contribution is 2.53. The van der Waals surface area contributed by atoms with E-state index in [4.69, 9.17) is 14.7 Å². The smallest absolute Gasteiger partial charge is 0.305 e. The monoisotopic (exact) mass is 1550 g/mol. The molecular weight excluding hydrogens is 1450 g/mol. The molecule has 22 heteroatoms. The van der Waals surface area contributed by atoms with Crippen molar-refractivity contribution >= 4 is 134 Å². The van der Waals surface area contributed by atoms with E-state index in [1.54, 1.807) is 23.9 Å². The fourth-order valence-electron chi connectivity index (χ4n) is 17.5. The number of hydrogen-bond donors (Lipinski definition) is 5. The van der Waals surface area contributed by atoms with Gasteiger partial charge in [0.1, 0.15) is 6.54 Å². The number of thioether (sulfide) groups is 1. The summed E-state index contributed by atoms with van der Waals surface area (Å²) >= 11 is 1.61. The van der Waals surface area contributed by atoms with Crippen LogP contribution in [0.4, 0.5) is 11.4 Å². The van der Waals surface area contributed by atoms with Gasteiger partial charge in [0.05, 0.1) is 57.8 Å². The molecule has 0 spiro atoms. The van der Waals surface area contributed by atoms with E-state index in [2.05, 4.69) is 158 Å². The maximum atomic E-state index is 15.6. The molecule has 5 N–H and O–H groups in total. The number of allylic oxidation sites excluding steroid dienone is 9. The van der Waals surface area contributed by atoms with Gasteiger partial charge in [-0.05, 0) is 207 Å². The molecule has 14 rings (SSSR count). The van der Waals surface area contributed by atoms with Crippen LogP contribution in [0.5, 0.6) is 0 Å².